The van der Waals surface area contributed by atoms with Crippen LogP contribution in [0.5, 0.6) is 0 Å². The van der Waals surface area contributed by atoms with E-state index in [9.17, 15) is 4.79 Å². The standard InChI is InChI=1S/C20H25N5O2/c1-2-18-22-19(23-27-18)16-8-9-17(21-14-16)24-10-12-25(13-11-24)20(26)15-6-4-3-5-7-15/h3-4,8-9,14-15H,2,5-7,10-13H2,1H3. The molecular weight excluding hydrogens is 342 g/mol. The van der Waals surface area contributed by atoms with E-state index in [1.807, 2.05) is 24.0 Å². The second-order valence-corrected chi connectivity index (χ2v) is 7.06. The SMILES string of the molecule is CCc1nc(-c2ccc(N3CCN(C(=O)C4CC=CCC4)CC3)nc2)no1. The molecule has 1 unspecified atom stereocenters. The Labute approximate surface area is 159 Å². The number of carbonyl (C=O) groups excluding carboxylic acids is 1. The Hall–Kier alpha value is -2.70. The molecule has 0 saturated carbocycles. The van der Waals surface area contributed by atoms with Crippen LogP contribution in [0.4, 0.5) is 5.82 Å². The van der Waals surface area contributed by atoms with Crippen molar-refractivity contribution in [3.05, 3.63) is 36.4 Å². The quantitative estimate of drug-likeness (QED) is 0.774. The lowest BCUT2D eigenvalue weighted by atomic mass is 9.93. The van der Waals surface area contributed by atoms with Gasteiger partial charge in [0.2, 0.25) is 17.6 Å². The smallest absolute Gasteiger partial charge is 0.226 e. The number of pyridine rings is 1. The molecule has 0 spiro atoms. The maximum absolute atomic E-state index is 12.7. The summed E-state index contributed by atoms with van der Waals surface area (Å²) in [6.45, 7) is 5.11. The summed E-state index contributed by atoms with van der Waals surface area (Å²) in [5.74, 6) is 2.60. The van der Waals surface area contributed by atoms with Gasteiger partial charge in [-0.15, -0.1) is 0 Å². The number of anilines is 1. The van der Waals surface area contributed by atoms with E-state index in [0.29, 0.717) is 17.6 Å². The highest BCUT2D eigenvalue weighted by Gasteiger charge is 2.27. The number of nitrogens with zero attached hydrogens (tertiary/aromatic N) is 5. The average Bonchev–Trinajstić information content (AvgIpc) is 3.23. The molecule has 27 heavy (non-hydrogen) atoms. The lowest BCUT2D eigenvalue weighted by Gasteiger charge is -2.37. The van der Waals surface area contributed by atoms with Gasteiger partial charge >= 0.3 is 0 Å². The highest BCUT2D eigenvalue weighted by molar-refractivity contribution is 5.79. The first kappa shape index (κ1) is 17.7. The first-order chi connectivity index (χ1) is 13.2. The Bertz CT molecular complexity index is 806. The third-order valence-corrected chi connectivity index (χ3v) is 5.31. The lowest BCUT2D eigenvalue weighted by Crippen LogP contribution is -2.50. The maximum atomic E-state index is 12.7. The molecule has 0 N–H and O–H groups in total. The van der Waals surface area contributed by atoms with Crippen molar-refractivity contribution in [3.8, 4) is 11.4 Å². The molecule has 1 fully saturated rings. The van der Waals surface area contributed by atoms with Crippen molar-refractivity contribution >= 4 is 11.7 Å². The van der Waals surface area contributed by atoms with E-state index >= 15 is 0 Å². The normalized spacial score (nSPS) is 20.1. The summed E-state index contributed by atoms with van der Waals surface area (Å²) >= 11 is 0. The number of amides is 1. The summed E-state index contributed by atoms with van der Waals surface area (Å²) in [7, 11) is 0. The molecule has 7 heteroatoms. The number of hydrogen-bond donors (Lipinski definition) is 0. The highest BCUT2D eigenvalue weighted by atomic mass is 16.5. The van der Waals surface area contributed by atoms with Gasteiger partial charge in [0.05, 0.1) is 0 Å². The van der Waals surface area contributed by atoms with E-state index in [0.717, 1.165) is 63.2 Å². The van der Waals surface area contributed by atoms with Crippen LogP contribution in [0.2, 0.25) is 0 Å². The number of allylic oxidation sites excluding steroid dienone is 2. The molecule has 1 saturated heterocycles. The van der Waals surface area contributed by atoms with E-state index in [4.69, 9.17) is 4.52 Å². The number of carbonyl (C=O) groups is 1. The summed E-state index contributed by atoms with van der Waals surface area (Å²) in [4.78, 5) is 25.8. The molecule has 4 rings (SSSR count). The molecule has 142 valence electrons. The highest BCUT2D eigenvalue weighted by Crippen LogP contribution is 2.23. The van der Waals surface area contributed by atoms with Gasteiger partial charge in [-0.2, -0.15) is 4.98 Å². The summed E-state index contributed by atoms with van der Waals surface area (Å²) in [5.41, 5.74) is 0.848. The summed E-state index contributed by atoms with van der Waals surface area (Å²) in [6, 6.07) is 3.96. The first-order valence-electron chi connectivity index (χ1n) is 9.72. The minimum absolute atomic E-state index is 0.168. The van der Waals surface area contributed by atoms with Crippen LogP contribution in [0.15, 0.2) is 35.0 Å². The Morgan fingerprint density at radius 1 is 1.22 bits per heavy atom. The number of rotatable bonds is 4. The van der Waals surface area contributed by atoms with Crippen molar-refractivity contribution in [1.29, 1.82) is 0 Å². The number of aromatic nitrogens is 3. The zero-order valence-corrected chi connectivity index (χ0v) is 15.7. The van der Waals surface area contributed by atoms with Crippen molar-refractivity contribution < 1.29 is 9.32 Å². The van der Waals surface area contributed by atoms with E-state index < -0.39 is 0 Å². The van der Waals surface area contributed by atoms with Gasteiger partial charge in [-0.05, 0) is 31.4 Å². The van der Waals surface area contributed by atoms with E-state index in [1.165, 1.54) is 0 Å². The summed E-state index contributed by atoms with van der Waals surface area (Å²) in [5, 5.41) is 3.98. The molecule has 2 aliphatic rings. The molecule has 7 nitrogen and oxygen atoms in total. The maximum Gasteiger partial charge on any atom is 0.226 e. The van der Waals surface area contributed by atoms with Gasteiger partial charge in [0.25, 0.3) is 0 Å². The Morgan fingerprint density at radius 2 is 2.07 bits per heavy atom. The van der Waals surface area contributed by atoms with Gasteiger partial charge in [0.1, 0.15) is 5.82 Å². The fourth-order valence-electron chi connectivity index (χ4n) is 3.65. The molecule has 3 heterocycles. The molecule has 2 aromatic heterocycles. The Kier molecular flexibility index (Phi) is 5.18. The van der Waals surface area contributed by atoms with Gasteiger partial charge in [-0.1, -0.05) is 24.2 Å². The predicted molar refractivity (Wildman–Crippen MR) is 102 cm³/mol. The number of piperazine rings is 1. The predicted octanol–water partition coefficient (Wildman–Crippen LogP) is 2.70. The van der Waals surface area contributed by atoms with Crippen molar-refractivity contribution in [2.24, 2.45) is 5.92 Å². The second kappa shape index (κ2) is 7.90. The van der Waals surface area contributed by atoms with Gasteiger partial charge in [-0.25, -0.2) is 4.98 Å². The third kappa shape index (κ3) is 3.86. The molecule has 0 bridgehead atoms. The Balaban J connectivity index is 1.35. The zero-order chi connectivity index (χ0) is 18.6. The summed E-state index contributed by atoms with van der Waals surface area (Å²) < 4.78 is 5.16. The molecule has 1 aliphatic carbocycles. The van der Waals surface area contributed by atoms with Crippen LogP contribution in [0, 0.1) is 5.92 Å². The molecule has 0 aromatic carbocycles. The second-order valence-electron chi connectivity index (χ2n) is 7.06. The minimum atomic E-state index is 0.168. The van der Waals surface area contributed by atoms with E-state index in [1.54, 1.807) is 6.20 Å². The molecule has 2 aromatic rings. The zero-order valence-electron chi connectivity index (χ0n) is 15.7. The fourth-order valence-corrected chi connectivity index (χ4v) is 3.65. The lowest BCUT2D eigenvalue weighted by molar-refractivity contribution is -0.136. The minimum Gasteiger partial charge on any atom is -0.353 e. The van der Waals surface area contributed by atoms with Crippen molar-refractivity contribution in [3.63, 3.8) is 0 Å². The van der Waals surface area contributed by atoms with Gasteiger partial charge in [0.15, 0.2) is 0 Å². The topological polar surface area (TPSA) is 75.4 Å². The van der Waals surface area contributed by atoms with Crippen LogP contribution < -0.4 is 4.90 Å². The van der Waals surface area contributed by atoms with E-state index in [2.05, 4.69) is 32.2 Å². The molecule has 0 radical (unpaired) electrons. The largest absolute Gasteiger partial charge is 0.353 e. The van der Waals surface area contributed by atoms with Gasteiger partial charge in [0, 0.05) is 50.3 Å². The van der Waals surface area contributed by atoms with Gasteiger partial charge < -0.3 is 14.3 Å². The third-order valence-electron chi connectivity index (χ3n) is 5.31. The van der Waals surface area contributed by atoms with Crippen LogP contribution in [0.1, 0.15) is 32.1 Å². The van der Waals surface area contributed by atoms with Crippen molar-refractivity contribution in [2.75, 3.05) is 31.1 Å². The molecule has 1 amide bonds. The fraction of sp³-hybridized carbons (Fsp3) is 0.500. The van der Waals surface area contributed by atoms with Crippen LogP contribution >= 0.6 is 0 Å². The number of aryl methyl sites for hydroxylation is 1. The molecular formula is C20H25N5O2. The van der Waals surface area contributed by atoms with Crippen LogP contribution in [-0.2, 0) is 11.2 Å². The van der Waals surface area contributed by atoms with Crippen LogP contribution in [0.25, 0.3) is 11.4 Å². The molecule has 1 atom stereocenters. The average molecular weight is 367 g/mol. The van der Waals surface area contributed by atoms with Gasteiger partial charge in [-0.3, -0.25) is 4.79 Å². The van der Waals surface area contributed by atoms with E-state index in [-0.39, 0.29) is 5.92 Å². The number of hydrogen-bond acceptors (Lipinski definition) is 6. The Morgan fingerprint density at radius 3 is 2.70 bits per heavy atom. The van der Waals surface area contributed by atoms with Crippen LogP contribution in [-0.4, -0.2) is 52.1 Å². The monoisotopic (exact) mass is 367 g/mol. The molecule has 1 aliphatic heterocycles. The van der Waals surface area contributed by atoms with Crippen molar-refractivity contribution in [1.82, 2.24) is 20.0 Å². The summed E-state index contributed by atoms with van der Waals surface area (Å²) in [6.07, 6.45) is 9.71. The van der Waals surface area contributed by atoms with Crippen LogP contribution in [0.3, 0.4) is 0 Å². The van der Waals surface area contributed by atoms with Crippen molar-refractivity contribution in [2.45, 2.75) is 32.6 Å². The first-order valence-corrected chi connectivity index (χ1v) is 9.72.